The van der Waals surface area contributed by atoms with Crippen LogP contribution in [-0.4, -0.2) is 49.9 Å². The van der Waals surface area contributed by atoms with Crippen molar-refractivity contribution in [1.82, 2.24) is 4.98 Å². The summed E-state index contributed by atoms with van der Waals surface area (Å²) in [6.07, 6.45) is 2.10. The quantitative estimate of drug-likeness (QED) is 0.312. The van der Waals surface area contributed by atoms with Crippen LogP contribution in [0.4, 0.5) is 5.82 Å². The molecule has 0 radical (unpaired) electrons. The molecule has 0 spiro atoms. The summed E-state index contributed by atoms with van der Waals surface area (Å²) in [4.78, 5) is 6.31. The Morgan fingerprint density at radius 2 is 2.21 bits per heavy atom. The number of nitrogens with two attached hydrogens (primary N) is 1. The van der Waals surface area contributed by atoms with Gasteiger partial charge in [-0.3, -0.25) is 0 Å². The number of hydrogen-bond donors (Lipinski definition) is 2. The molecule has 7 heteroatoms. The van der Waals surface area contributed by atoms with Crippen molar-refractivity contribution < 1.29 is 14.7 Å². The minimum Gasteiger partial charge on any atom is -0.495 e. The highest BCUT2D eigenvalue weighted by Gasteiger charge is 2.09. The molecule has 0 saturated heterocycles. The zero-order valence-corrected chi connectivity index (χ0v) is 11.2. The molecule has 1 aromatic rings. The van der Waals surface area contributed by atoms with Gasteiger partial charge in [-0.1, -0.05) is 5.16 Å². The highest BCUT2D eigenvalue weighted by Crippen LogP contribution is 2.15. The third-order valence-corrected chi connectivity index (χ3v) is 2.61. The van der Waals surface area contributed by atoms with Crippen LogP contribution in [0, 0.1) is 0 Å². The summed E-state index contributed by atoms with van der Waals surface area (Å²) in [5, 5.41) is 11.5. The molecule has 0 atom stereocenters. The molecule has 1 heterocycles. The SMILES string of the molecule is COCCN(CC/C(N)=N/O)c1ccc(OC)cn1. The number of hydrogen-bond acceptors (Lipinski definition) is 6. The number of aromatic nitrogens is 1. The van der Waals surface area contributed by atoms with Crippen LogP contribution in [0.2, 0.25) is 0 Å². The van der Waals surface area contributed by atoms with Crippen LogP contribution in [0.25, 0.3) is 0 Å². The molecule has 0 aromatic carbocycles. The van der Waals surface area contributed by atoms with Gasteiger partial charge in [0.2, 0.25) is 0 Å². The molecule has 1 rings (SSSR count). The first-order valence-corrected chi connectivity index (χ1v) is 5.91. The highest BCUT2D eigenvalue weighted by molar-refractivity contribution is 5.80. The number of oxime groups is 1. The number of methoxy groups -OCH3 is 2. The van der Waals surface area contributed by atoms with Crippen LogP contribution in [0.5, 0.6) is 5.75 Å². The van der Waals surface area contributed by atoms with E-state index in [0.717, 1.165) is 5.82 Å². The van der Waals surface area contributed by atoms with Gasteiger partial charge < -0.3 is 25.3 Å². The van der Waals surface area contributed by atoms with Crippen LogP contribution >= 0.6 is 0 Å². The molecule has 19 heavy (non-hydrogen) atoms. The van der Waals surface area contributed by atoms with Crippen molar-refractivity contribution in [2.45, 2.75) is 6.42 Å². The Labute approximate surface area is 112 Å². The topological polar surface area (TPSA) is 93.2 Å². The second kappa shape index (κ2) is 8.15. The van der Waals surface area contributed by atoms with Crippen molar-refractivity contribution in [2.75, 3.05) is 38.8 Å². The van der Waals surface area contributed by atoms with Crippen molar-refractivity contribution in [3.05, 3.63) is 18.3 Å². The average molecular weight is 268 g/mol. The number of nitrogens with zero attached hydrogens (tertiary/aromatic N) is 3. The van der Waals surface area contributed by atoms with Gasteiger partial charge in [-0.05, 0) is 12.1 Å². The fraction of sp³-hybridized carbons (Fsp3) is 0.500. The maximum Gasteiger partial charge on any atom is 0.140 e. The van der Waals surface area contributed by atoms with Crippen LogP contribution < -0.4 is 15.4 Å². The van der Waals surface area contributed by atoms with E-state index in [0.29, 0.717) is 31.9 Å². The van der Waals surface area contributed by atoms with E-state index in [1.807, 2.05) is 17.0 Å². The van der Waals surface area contributed by atoms with Gasteiger partial charge in [0.1, 0.15) is 17.4 Å². The molecular formula is C12H20N4O3. The normalized spacial score (nSPS) is 11.4. The minimum absolute atomic E-state index is 0.191. The molecule has 0 fully saturated rings. The molecule has 0 aliphatic carbocycles. The van der Waals surface area contributed by atoms with Gasteiger partial charge in [0.25, 0.3) is 0 Å². The lowest BCUT2D eigenvalue weighted by Crippen LogP contribution is -2.31. The van der Waals surface area contributed by atoms with Crippen molar-refractivity contribution >= 4 is 11.7 Å². The molecule has 0 aliphatic rings. The van der Waals surface area contributed by atoms with Gasteiger partial charge in [0.15, 0.2) is 0 Å². The number of amidine groups is 1. The van der Waals surface area contributed by atoms with Crippen molar-refractivity contribution in [1.29, 1.82) is 0 Å². The smallest absolute Gasteiger partial charge is 0.140 e. The highest BCUT2D eigenvalue weighted by atomic mass is 16.5. The van der Waals surface area contributed by atoms with Crippen molar-refractivity contribution in [3.8, 4) is 5.75 Å². The molecule has 7 nitrogen and oxygen atoms in total. The zero-order chi connectivity index (χ0) is 14.1. The van der Waals surface area contributed by atoms with E-state index in [2.05, 4.69) is 10.1 Å². The van der Waals surface area contributed by atoms with E-state index in [-0.39, 0.29) is 5.84 Å². The molecule has 0 unspecified atom stereocenters. The summed E-state index contributed by atoms with van der Waals surface area (Å²) in [6, 6.07) is 3.70. The van der Waals surface area contributed by atoms with Crippen LogP contribution in [0.3, 0.4) is 0 Å². The summed E-state index contributed by atoms with van der Waals surface area (Å²) in [6.45, 7) is 1.84. The standard InChI is InChI=1S/C12H20N4O3/c1-18-8-7-16(6-5-11(13)15-17)12-4-3-10(19-2)9-14-12/h3-4,9,17H,5-8H2,1-2H3,(H2,13,15). The van der Waals surface area contributed by atoms with E-state index in [1.165, 1.54) is 0 Å². The average Bonchev–Trinajstić information content (AvgIpc) is 2.47. The van der Waals surface area contributed by atoms with E-state index < -0.39 is 0 Å². The lowest BCUT2D eigenvalue weighted by Gasteiger charge is -2.23. The van der Waals surface area contributed by atoms with Gasteiger partial charge in [-0.15, -0.1) is 0 Å². The molecule has 1 aromatic heterocycles. The molecule has 3 N–H and O–H groups in total. The van der Waals surface area contributed by atoms with Crippen molar-refractivity contribution in [2.24, 2.45) is 10.9 Å². The lowest BCUT2D eigenvalue weighted by atomic mass is 10.3. The van der Waals surface area contributed by atoms with Gasteiger partial charge in [-0.2, -0.15) is 0 Å². The second-order valence-corrected chi connectivity index (χ2v) is 3.88. The first-order valence-electron chi connectivity index (χ1n) is 5.91. The molecule has 0 aliphatic heterocycles. The molecule has 0 bridgehead atoms. The van der Waals surface area contributed by atoms with Gasteiger partial charge in [0, 0.05) is 26.6 Å². The molecular weight excluding hydrogens is 248 g/mol. The van der Waals surface area contributed by atoms with E-state index >= 15 is 0 Å². The van der Waals surface area contributed by atoms with Gasteiger partial charge in [0.05, 0.1) is 19.9 Å². The summed E-state index contributed by atoms with van der Waals surface area (Å²) in [5.41, 5.74) is 5.48. The summed E-state index contributed by atoms with van der Waals surface area (Å²) >= 11 is 0. The third kappa shape index (κ3) is 5.01. The zero-order valence-electron chi connectivity index (χ0n) is 11.2. The summed E-state index contributed by atoms with van der Waals surface area (Å²) in [5.74, 6) is 1.69. The predicted molar refractivity (Wildman–Crippen MR) is 72.9 cm³/mol. The van der Waals surface area contributed by atoms with Gasteiger partial charge >= 0.3 is 0 Å². The number of anilines is 1. The summed E-state index contributed by atoms with van der Waals surface area (Å²) in [7, 11) is 3.24. The molecule has 0 saturated carbocycles. The fourth-order valence-corrected chi connectivity index (χ4v) is 1.52. The second-order valence-electron chi connectivity index (χ2n) is 3.88. The molecule has 106 valence electrons. The third-order valence-electron chi connectivity index (χ3n) is 2.61. The van der Waals surface area contributed by atoms with Crippen molar-refractivity contribution in [3.63, 3.8) is 0 Å². The van der Waals surface area contributed by atoms with E-state index in [1.54, 1.807) is 20.4 Å². The first-order chi connectivity index (χ1) is 9.21. The Bertz CT molecular complexity index is 394. The minimum atomic E-state index is 0.191. The Kier molecular flexibility index (Phi) is 6.45. The monoisotopic (exact) mass is 268 g/mol. The first kappa shape index (κ1) is 15.0. The number of pyridine rings is 1. The number of ether oxygens (including phenoxy) is 2. The van der Waals surface area contributed by atoms with E-state index in [4.69, 9.17) is 20.4 Å². The Morgan fingerprint density at radius 1 is 1.42 bits per heavy atom. The molecule has 0 amide bonds. The maximum atomic E-state index is 8.55. The maximum absolute atomic E-state index is 8.55. The lowest BCUT2D eigenvalue weighted by molar-refractivity contribution is 0.205. The van der Waals surface area contributed by atoms with Crippen LogP contribution in [-0.2, 0) is 4.74 Å². The van der Waals surface area contributed by atoms with Gasteiger partial charge in [-0.25, -0.2) is 4.98 Å². The summed E-state index contributed by atoms with van der Waals surface area (Å²) < 4.78 is 10.1. The van der Waals surface area contributed by atoms with Crippen LogP contribution in [0.15, 0.2) is 23.5 Å². The fourth-order valence-electron chi connectivity index (χ4n) is 1.52. The van der Waals surface area contributed by atoms with E-state index in [9.17, 15) is 0 Å². The Morgan fingerprint density at radius 3 is 2.74 bits per heavy atom. The Balaban J connectivity index is 2.70. The largest absolute Gasteiger partial charge is 0.495 e. The number of rotatable bonds is 8. The Hall–Kier alpha value is -2.02. The van der Waals surface area contributed by atoms with Crippen LogP contribution in [0.1, 0.15) is 6.42 Å². The predicted octanol–water partition coefficient (Wildman–Crippen LogP) is 0.679.